The molecule has 0 radical (unpaired) electrons. The van der Waals surface area contributed by atoms with Crippen LogP contribution < -0.4 is 5.32 Å². The molecule has 2 nitrogen and oxygen atoms in total. The highest BCUT2D eigenvalue weighted by atomic mass is 32.2. The van der Waals surface area contributed by atoms with Crippen molar-refractivity contribution in [3.63, 3.8) is 0 Å². The molecule has 0 saturated heterocycles. The Kier molecular flexibility index (Phi) is 12.9. The van der Waals surface area contributed by atoms with Crippen LogP contribution in [0.15, 0.2) is 0 Å². The van der Waals surface area contributed by atoms with Crippen LogP contribution in [0.5, 0.6) is 0 Å². The molecule has 0 aromatic rings. The lowest BCUT2D eigenvalue weighted by atomic mass is 10.1. The van der Waals surface area contributed by atoms with Crippen molar-refractivity contribution in [2.75, 3.05) is 12.3 Å². The fourth-order valence-corrected chi connectivity index (χ4v) is 4.35. The molecule has 0 spiro atoms. The molecule has 0 unspecified atom stereocenters. The first-order valence-electron chi connectivity index (χ1n) is 10.2. The van der Waals surface area contributed by atoms with E-state index in [9.17, 15) is 4.79 Å². The van der Waals surface area contributed by atoms with Crippen molar-refractivity contribution in [3.8, 4) is 0 Å². The Hall–Kier alpha value is -0.180. The summed E-state index contributed by atoms with van der Waals surface area (Å²) in [6, 6.07) is 0. The highest BCUT2D eigenvalue weighted by Gasteiger charge is 2.42. The van der Waals surface area contributed by atoms with E-state index in [1.807, 2.05) is 11.8 Å². The average molecular weight is 342 g/mol. The number of carbonyl (C=O) groups is 1. The zero-order valence-corrected chi connectivity index (χ0v) is 16.4. The van der Waals surface area contributed by atoms with Gasteiger partial charge in [-0.1, -0.05) is 78.1 Å². The summed E-state index contributed by atoms with van der Waals surface area (Å²) in [5.74, 6) is 1.87. The van der Waals surface area contributed by atoms with Gasteiger partial charge >= 0.3 is 0 Å². The molecule has 136 valence electrons. The summed E-state index contributed by atoms with van der Waals surface area (Å²) in [6.45, 7) is 5.30. The molecule has 1 aliphatic carbocycles. The number of rotatable bonds is 16. The van der Waals surface area contributed by atoms with Gasteiger partial charge in [0.05, 0.1) is 5.92 Å². The normalized spacial score (nSPS) is 19.7. The molecule has 1 rings (SSSR count). The molecule has 23 heavy (non-hydrogen) atoms. The summed E-state index contributed by atoms with van der Waals surface area (Å²) in [6.07, 6.45) is 17.4. The smallest absolute Gasteiger partial charge is 0.224 e. The van der Waals surface area contributed by atoms with E-state index in [1.54, 1.807) is 0 Å². The standard InChI is InChI=1S/C20H39NOS/c1-3-5-7-8-9-10-11-12-13-14-16-23-19-17-18(19)20(22)21-15-6-4-2/h18-19H,3-17H2,1-2H3,(H,21,22)/t18-,19-/m0/s1. The average Bonchev–Trinajstić information content (AvgIpc) is 3.32. The summed E-state index contributed by atoms with van der Waals surface area (Å²) in [5, 5.41) is 3.69. The van der Waals surface area contributed by atoms with E-state index in [0.717, 1.165) is 25.8 Å². The van der Waals surface area contributed by atoms with Gasteiger partial charge in [0.1, 0.15) is 0 Å². The second-order valence-electron chi connectivity index (χ2n) is 7.08. The lowest BCUT2D eigenvalue weighted by Crippen LogP contribution is -2.26. The Labute approximate surface area is 149 Å². The largest absolute Gasteiger partial charge is 0.356 e. The van der Waals surface area contributed by atoms with E-state index < -0.39 is 0 Å². The van der Waals surface area contributed by atoms with E-state index in [0.29, 0.717) is 17.1 Å². The lowest BCUT2D eigenvalue weighted by molar-refractivity contribution is -0.122. The zero-order chi connectivity index (χ0) is 16.8. The summed E-state index contributed by atoms with van der Waals surface area (Å²) >= 11 is 2.03. The van der Waals surface area contributed by atoms with Crippen LogP contribution in [-0.4, -0.2) is 23.5 Å². The fourth-order valence-electron chi connectivity index (χ4n) is 2.98. The van der Waals surface area contributed by atoms with Gasteiger partial charge in [-0.2, -0.15) is 11.8 Å². The predicted molar refractivity (Wildman–Crippen MR) is 104 cm³/mol. The van der Waals surface area contributed by atoms with E-state index in [-0.39, 0.29) is 0 Å². The maximum Gasteiger partial charge on any atom is 0.224 e. The van der Waals surface area contributed by atoms with Gasteiger partial charge in [-0.05, 0) is 25.0 Å². The molecule has 0 aromatic carbocycles. The summed E-state index contributed by atoms with van der Waals surface area (Å²) in [4.78, 5) is 11.9. The van der Waals surface area contributed by atoms with Crippen molar-refractivity contribution in [2.24, 2.45) is 5.92 Å². The third-order valence-corrected chi connectivity index (χ3v) is 6.20. The second kappa shape index (κ2) is 14.2. The van der Waals surface area contributed by atoms with Crippen LogP contribution in [-0.2, 0) is 4.79 Å². The summed E-state index contributed by atoms with van der Waals surface area (Å²) in [7, 11) is 0. The van der Waals surface area contributed by atoms with Crippen LogP contribution in [0.4, 0.5) is 0 Å². The Morgan fingerprint density at radius 2 is 1.43 bits per heavy atom. The van der Waals surface area contributed by atoms with Gasteiger partial charge in [-0.25, -0.2) is 0 Å². The topological polar surface area (TPSA) is 29.1 Å². The van der Waals surface area contributed by atoms with Crippen molar-refractivity contribution in [2.45, 2.75) is 103 Å². The Morgan fingerprint density at radius 3 is 2.04 bits per heavy atom. The van der Waals surface area contributed by atoms with E-state index in [2.05, 4.69) is 19.2 Å². The van der Waals surface area contributed by atoms with E-state index in [4.69, 9.17) is 0 Å². The highest BCUT2D eigenvalue weighted by Crippen LogP contribution is 2.42. The minimum atomic E-state index is 0.305. The lowest BCUT2D eigenvalue weighted by Gasteiger charge is -2.04. The van der Waals surface area contributed by atoms with Crippen molar-refractivity contribution in [1.82, 2.24) is 5.32 Å². The van der Waals surface area contributed by atoms with Gasteiger partial charge in [0, 0.05) is 11.8 Å². The quantitative estimate of drug-likeness (QED) is 0.352. The molecule has 1 fully saturated rings. The molecule has 1 saturated carbocycles. The van der Waals surface area contributed by atoms with Crippen molar-refractivity contribution < 1.29 is 4.79 Å². The molecule has 0 heterocycles. The van der Waals surface area contributed by atoms with Crippen LogP contribution in [0.2, 0.25) is 0 Å². The van der Waals surface area contributed by atoms with Gasteiger partial charge in [0.2, 0.25) is 5.91 Å². The third kappa shape index (κ3) is 11.1. The number of hydrogen-bond acceptors (Lipinski definition) is 2. The van der Waals surface area contributed by atoms with Crippen LogP contribution >= 0.6 is 11.8 Å². The van der Waals surface area contributed by atoms with E-state index >= 15 is 0 Å². The maximum absolute atomic E-state index is 11.9. The monoisotopic (exact) mass is 341 g/mol. The minimum absolute atomic E-state index is 0.305. The zero-order valence-electron chi connectivity index (χ0n) is 15.6. The predicted octanol–water partition coefficient (Wildman–Crippen LogP) is 5.95. The van der Waals surface area contributed by atoms with Crippen LogP contribution in [0, 0.1) is 5.92 Å². The molecule has 0 aromatic heterocycles. The number of nitrogens with one attached hydrogen (secondary N) is 1. The van der Waals surface area contributed by atoms with Gasteiger partial charge in [0.25, 0.3) is 0 Å². The number of unbranched alkanes of at least 4 members (excludes halogenated alkanes) is 10. The first-order valence-corrected chi connectivity index (χ1v) is 11.2. The van der Waals surface area contributed by atoms with Crippen molar-refractivity contribution >= 4 is 17.7 Å². The van der Waals surface area contributed by atoms with Gasteiger partial charge in [0.15, 0.2) is 0 Å². The third-order valence-electron chi connectivity index (χ3n) is 4.73. The summed E-state index contributed by atoms with van der Waals surface area (Å²) in [5.41, 5.74) is 0. The molecule has 0 bridgehead atoms. The van der Waals surface area contributed by atoms with Crippen molar-refractivity contribution in [1.29, 1.82) is 0 Å². The molecule has 3 heteroatoms. The number of amides is 1. The Bertz CT molecular complexity index is 295. The molecule has 2 atom stereocenters. The minimum Gasteiger partial charge on any atom is -0.356 e. The highest BCUT2D eigenvalue weighted by molar-refractivity contribution is 8.00. The van der Waals surface area contributed by atoms with Crippen LogP contribution in [0.1, 0.15) is 97.3 Å². The first kappa shape index (κ1) is 20.9. The summed E-state index contributed by atoms with van der Waals surface area (Å²) < 4.78 is 0. The van der Waals surface area contributed by atoms with Gasteiger partial charge in [-0.3, -0.25) is 4.79 Å². The molecule has 0 aliphatic heterocycles. The molecule has 1 N–H and O–H groups in total. The van der Waals surface area contributed by atoms with Gasteiger partial charge < -0.3 is 5.32 Å². The van der Waals surface area contributed by atoms with Crippen molar-refractivity contribution in [3.05, 3.63) is 0 Å². The van der Waals surface area contributed by atoms with Crippen LogP contribution in [0.3, 0.4) is 0 Å². The number of thioether (sulfide) groups is 1. The maximum atomic E-state index is 11.9. The number of carbonyl (C=O) groups excluding carboxylic acids is 1. The first-order chi connectivity index (χ1) is 11.3. The molecular weight excluding hydrogens is 302 g/mol. The molecule has 1 aliphatic rings. The Balaban J connectivity index is 1.79. The van der Waals surface area contributed by atoms with Gasteiger partial charge in [-0.15, -0.1) is 0 Å². The number of hydrogen-bond donors (Lipinski definition) is 1. The molecule has 1 amide bonds. The van der Waals surface area contributed by atoms with Crippen LogP contribution in [0.25, 0.3) is 0 Å². The second-order valence-corrected chi connectivity index (χ2v) is 8.43. The Morgan fingerprint density at radius 1 is 0.870 bits per heavy atom. The molecular formula is C20H39NOS. The SMILES string of the molecule is CCCCCCCCCCCCS[C@H]1C[C@@H]1C(=O)NCCCC. The fraction of sp³-hybridized carbons (Fsp3) is 0.950. The van der Waals surface area contributed by atoms with E-state index in [1.165, 1.54) is 70.0 Å².